The predicted octanol–water partition coefficient (Wildman–Crippen LogP) is 3.38. The molecular weight excluding hydrogens is 338 g/mol. The number of likely N-dealkylation sites (tertiary alicyclic amines) is 1. The topological polar surface area (TPSA) is 82.5 Å². The molecule has 3 rings (SSSR count). The first-order valence-corrected chi connectivity index (χ1v) is 9.07. The summed E-state index contributed by atoms with van der Waals surface area (Å²) in [6.45, 7) is 4.25. The molecule has 2 amide bonds. The highest BCUT2D eigenvalue weighted by Crippen LogP contribution is 2.31. The number of amides is 2. The van der Waals surface area contributed by atoms with Crippen molar-refractivity contribution in [3.8, 4) is 11.3 Å². The maximum absolute atomic E-state index is 12.4. The van der Waals surface area contributed by atoms with Crippen LogP contribution in [0.3, 0.4) is 0 Å². The SMILES string of the molecule is CC(NC(=O)N1CCC(C)(C(=O)O)C1)c1nc(-c2ccccc2)cs1. The van der Waals surface area contributed by atoms with E-state index in [-0.39, 0.29) is 18.6 Å². The van der Waals surface area contributed by atoms with Crippen molar-refractivity contribution in [2.24, 2.45) is 5.41 Å². The van der Waals surface area contributed by atoms with Gasteiger partial charge in [-0.1, -0.05) is 30.3 Å². The molecule has 1 aromatic carbocycles. The number of hydrogen-bond donors (Lipinski definition) is 2. The third-order valence-electron chi connectivity index (χ3n) is 4.58. The molecule has 1 fully saturated rings. The third kappa shape index (κ3) is 3.66. The van der Waals surface area contributed by atoms with E-state index in [4.69, 9.17) is 0 Å². The van der Waals surface area contributed by atoms with Crippen molar-refractivity contribution in [2.75, 3.05) is 13.1 Å². The maximum atomic E-state index is 12.4. The number of nitrogens with zero attached hydrogens (tertiary/aromatic N) is 2. The van der Waals surface area contributed by atoms with Crippen LogP contribution in [0.15, 0.2) is 35.7 Å². The molecule has 1 aliphatic rings. The summed E-state index contributed by atoms with van der Waals surface area (Å²) in [4.78, 5) is 29.9. The van der Waals surface area contributed by atoms with Gasteiger partial charge in [-0.15, -0.1) is 11.3 Å². The van der Waals surface area contributed by atoms with E-state index in [1.165, 1.54) is 11.3 Å². The maximum Gasteiger partial charge on any atom is 0.317 e. The Bertz CT molecular complexity index is 777. The zero-order valence-corrected chi connectivity index (χ0v) is 15.0. The number of nitrogens with one attached hydrogen (secondary N) is 1. The lowest BCUT2D eigenvalue weighted by Gasteiger charge is -2.22. The number of benzene rings is 1. The summed E-state index contributed by atoms with van der Waals surface area (Å²) in [6, 6.07) is 9.41. The molecule has 7 heteroatoms. The number of thiazole rings is 1. The van der Waals surface area contributed by atoms with Crippen LogP contribution < -0.4 is 5.32 Å². The van der Waals surface area contributed by atoms with Gasteiger partial charge in [-0.2, -0.15) is 0 Å². The lowest BCUT2D eigenvalue weighted by Crippen LogP contribution is -2.41. The molecule has 2 unspecified atom stereocenters. The zero-order chi connectivity index (χ0) is 18.0. The Hall–Kier alpha value is -2.41. The minimum atomic E-state index is -0.859. The molecule has 2 atom stereocenters. The van der Waals surface area contributed by atoms with Crippen molar-refractivity contribution in [1.29, 1.82) is 0 Å². The van der Waals surface area contributed by atoms with Gasteiger partial charge >= 0.3 is 12.0 Å². The Kier molecular flexibility index (Phi) is 4.76. The molecule has 0 bridgehead atoms. The van der Waals surface area contributed by atoms with Gasteiger partial charge < -0.3 is 15.3 Å². The van der Waals surface area contributed by atoms with E-state index in [1.807, 2.05) is 42.6 Å². The molecule has 1 aliphatic heterocycles. The van der Waals surface area contributed by atoms with Gasteiger partial charge in [0.2, 0.25) is 0 Å². The number of carbonyl (C=O) groups is 2. The second-order valence-corrected chi connectivity index (χ2v) is 7.54. The summed E-state index contributed by atoms with van der Waals surface area (Å²) >= 11 is 1.50. The van der Waals surface area contributed by atoms with Crippen LogP contribution in [0.2, 0.25) is 0 Å². The number of rotatable bonds is 4. The molecule has 6 nitrogen and oxygen atoms in total. The fourth-order valence-electron chi connectivity index (χ4n) is 2.88. The van der Waals surface area contributed by atoms with E-state index >= 15 is 0 Å². The highest BCUT2D eigenvalue weighted by molar-refractivity contribution is 7.10. The third-order valence-corrected chi connectivity index (χ3v) is 5.61. The lowest BCUT2D eigenvalue weighted by atomic mass is 9.90. The van der Waals surface area contributed by atoms with Gasteiger partial charge in [-0.25, -0.2) is 9.78 Å². The number of aromatic nitrogens is 1. The molecule has 0 aliphatic carbocycles. The van der Waals surface area contributed by atoms with Gasteiger partial charge in [0.15, 0.2) is 0 Å². The van der Waals surface area contributed by atoms with Gasteiger partial charge in [0.05, 0.1) is 17.2 Å². The molecule has 2 aromatic rings. The van der Waals surface area contributed by atoms with Crippen molar-refractivity contribution >= 4 is 23.3 Å². The summed E-state index contributed by atoms with van der Waals surface area (Å²) in [6.07, 6.45) is 0.472. The minimum absolute atomic E-state index is 0.230. The summed E-state index contributed by atoms with van der Waals surface area (Å²) in [5.41, 5.74) is 1.07. The number of carboxylic acid groups (broad SMARTS) is 1. The first kappa shape index (κ1) is 17.4. The summed E-state index contributed by atoms with van der Waals surface area (Å²) < 4.78 is 0. The van der Waals surface area contributed by atoms with Gasteiger partial charge in [0, 0.05) is 24.0 Å². The number of hydrogen-bond acceptors (Lipinski definition) is 4. The number of urea groups is 1. The van der Waals surface area contributed by atoms with Crippen molar-refractivity contribution in [2.45, 2.75) is 26.3 Å². The average molecular weight is 359 g/mol. The van der Waals surface area contributed by atoms with Gasteiger partial charge in [-0.3, -0.25) is 4.79 Å². The second kappa shape index (κ2) is 6.84. The Morgan fingerprint density at radius 2 is 2.08 bits per heavy atom. The molecule has 1 saturated heterocycles. The van der Waals surface area contributed by atoms with Gasteiger partial charge in [0.1, 0.15) is 5.01 Å². The Labute approximate surface area is 150 Å². The summed E-state index contributed by atoms with van der Waals surface area (Å²) in [7, 11) is 0. The number of aliphatic carboxylic acids is 1. The van der Waals surface area contributed by atoms with Gasteiger partial charge in [-0.05, 0) is 20.3 Å². The van der Waals surface area contributed by atoms with E-state index in [2.05, 4.69) is 10.3 Å². The highest BCUT2D eigenvalue weighted by Gasteiger charge is 2.42. The molecular formula is C18H21N3O3S. The van der Waals surface area contributed by atoms with E-state index in [0.717, 1.165) is 16.3 Å². The average Bonchev–Trinajstić information content (AvgIpc) is 3.23. The molecule has 2 N–H and O–H groups in total. The monoisotopic (exact) mass is 359 g/mol. The van der Waals surface area contributed by atoms with Crippen LogP contribution in [0.5, 0.6) is 0 Å². The molecule has 25 heavy (non-hydrogen) atoms. The van der Waals surface area contributed by atoms with E-state index in [1.54, 1.807) is 11.8 Å². The molecule has 0 radical (unpaired) electrons. The summed E-state index contributed by atoms with van der Waals surface area (Å²) in [5, 5.41) is 15.0. The first-order valence-electron chi connectivity index (χ1n) is 8.19. The molecule has 2 heterocycles. The Balaban J connectivity index is 1.63. The fraction of sp³-hybridized carbons (Fsp3) is 0.389. The van der Waals surface area contributed by atoms with Crippen LogP contribution in [-0.2, 0) is 4.79 Å². The molecule has 0 spiro atoms. The van der Waals surface area contributed by atoms with E-state index < -0.39 is 11.4 Å². The molecule has 0 saturated carbocycles. The molecule has 1 aromatic heterocycles. The smallest absolute Gasteiger partial charge is 0.317 e. The van der Waals surface area contributed by atoms with Crippen molar-refractivity contribution < 1.29 is 14.7 Å². The van der Waals surface area contributed by atoms with Crippen molar-refractivity contribution in [3.05, 3.63) is 40.7 Å². The summed E-state index contributed by atoms with van der Waals surface area (Å²) in [5.74, 6) is -0.858. The predicted molar refractivity (Wildman–Crippen MR) is 96.4 cm³/mol. The Morgan fingerprint density at radius 3 is 2.72 bits per heavy atom. The van der Waals surface area contributed by atoms with Crippen LogP contribution in [-0.4, -0.2) is 40.1 Å². The normalized spacial score (nSPS) is 21.1. The Morgan fingerprint density at radius 1 is 1.36 bits per heavy atom. The fourth-order valence-corrected chi connectivity index (χ4v) is 3.71. The van der Waals surface area contributed by atoms with Crippen LogP contribution >= 0.6 is 11.3 Å². The largest absolute Gasteiger partial charge is 0.481 e. The van der Waals surface area contributed by atoms with Crippen LogP contribution in [0, 0.1) is 5.41 Å². The lowest BCUT2D eigenvalue weighted by molar-refractivity contribution is -0.147. The van der Waals surface area contributed by atoms with E-state index in [0.29, 0.717) is 13.0 Å². The first-order chi connectivity index (χ1) is 11.9. The molecule has 132 valence electrons. The van der Waals surface area contributed by atoms with Crippen LogP contribution in [0.4, 0.5) is 4.79 Å². The van der Waals surface area contributed by atoms with Crippen molar-refractivity contribution in [3.63, 3.8) is 0 Å². The van der Waals surface area contributed by atoms with Crippen molar-refractivity contribution in [1.82, 2.24) is 15.2 Å². The van der Waals surface area contributed by atoms with Crippen LogP contribution in [0.25, 0.3) is 11.3 Å². The quantitative estimate of drug-likeness (QED) is 0.877. The van der Waals surface area contributed by atoms with E-state index in [9.17, 15) is 14.7 Å². The number of carboxylic acids is 1. The number of carbonyl (C=O) groups excluding carboxylic acids is 1. The van der Waals surface area contributed by atoms with Gasteiger partial charge in [0.25, 0.3) is 0 Å². The minimum Gasteiger partial charge on any atom is -0.481 e. The second-order valence-electron chi connectivity index (χ2n) is 6.65. The zero-order valence-electron chi connectivity index (χ0n) is 14.2. The standard InChI is InChI=1S/C18H21N3O3S/c1-12(15-20-14(10-25-15)13-6-4-3-5-7-13)19-17(24)21-9-8-18(2,11-21)16(22)23/h3-7,10,12H,8-9,11H2,1-2H3,(H,19,24)(H,22,23). The highest BCUT2D eigenvalue weighted by atomic mass is 32.1. The van der Waals surface area contributed by atoms with Crippen LogP contribution in [0.1, 0.15) is 31.3 Å².